The first-order valence-corrected chi connectivity index (χ1v) is 8.66. The number of carbonyl (C=O) groups is 2. The standard InChI is InChI=1S/C20H22N2O4/c1-26-13-19(23)22-11-9-14(10-12-22)17-7-4-8-18(21-17)15-5-2-3-6-16(15)20(24)25/h2-8,14H,9-13H2,1H3,(H,24,25). The zero-order valence-electron chi connectivity index (χ0n) is 14.7. The highest BCUT2D eigenvalue weighted by Crippen LogP contribution is 2.29. The number of carbonyl (C=O) groups excluding carboxylic acids is 1. The first-order chi connectivity index (χ1) is 12.6. The van der Waals surface area contributed by atoms with E-state index in [0.29, 0.717) is 24.3 Å². The Labute approximate surface area is 152 Å². The van der Waals surface area contributed by atoms with Crippen molar-refractivity contribution in [3.05, 3.63) is 53.7 Å². The Balaban J connectivity index is 1.77. The van der Waals surface area contributed by atoms with E-state index >= 15 is 0 Å². The van der Waals surface area contributed by atoms with Crippen molar-refractivity contribution in [1.29, 1.82) is 0 Å². The average Bonchev–Trinajstić information content (AvgIpc) is 2.68. The molecule has 136 valence electrons. The number of ether oxygens (including phenoxy) is 1. The van der Waals surface area contributed by atoms with Gasteiger partial charge in [0.15, 0.2) is 0 Å². The maximum Gasteiger partial charge on any atom is 0.336 e. The fourth-order valence-electron chi connectivity index (χ4n) is 3.36. The summed E-state index contributed by atoms with van der Waals surface area (Å²) >= 11 is 0. The number of carboxylic acids is 1. The van der Waals surface area contributed by atoms with Gasteiger partial charge in [-0.1, -0.05) is 24.3 Å². The van der Waals surface area contributed by atoms with Gasteiger partial charge in [-0.05, 0) is 31.0 Å². The average molecular weight is 354 g/mol. The van der Waals surface area contributed by atoms with Crippen molar-refractivity contribution in [2.75, 3.05) is 26.8 Å². The van der Waals surface area contributed by atoms with Crippen LogP contribution in [0.15, 0.2) is 42.5 Å². The summed E-state index contributed by atoms with van der Waals surface area (Å²) in [4.78, 5) is 29.9. The molecule has 0 aliphatic carbocycles. The number of rotatable bonds is 5. The molecule has 1 amide bonds. The van der Waals surface area contributed by atoms with Crippen LogP contribution in [0, 0.1) is 0 Å². The molecule has 0 bridgehead atoms. The van der Waals surface area contributed by atoms with E-state index in [1.54, 1.807) is 18.2 Å². The van der Waals surface area contributed by atoms with Crippen molar-refractivity contribution in [3.63, 3.8) is 0 Å². The van der Waals surface area contributed by atoms with Gasteiger partial charge in [0.05, 0.1) is 11.3 Å². The van der Waals surface area contributed by atoms with Crippen LogP contribution >= 0.6 is 0 Å². The molecule has 1 saturated heterocycles. The van der Waals surface area contributed by atoms with Gasteiger partial charge in [0.1, 0.15) is 6.61 Å². The molecule has 0 unspecified atom stereocenters. The van der Waals surface area contributed by atoms with Gasteiger partial charge in [0, 0.05) is 37.4 Å². The number of nitrogens with zero attached hydrogens (tertiary/aromatic N) is 2. The molecule has 3 rings (SSSR count). The normalized spacial score (nSPS) is 15.0. The summed E-state index contributed by atoms with van der Waals surface area (Å²) < 4.78 is 4.91. The minimum atomic E-state index is -0.960. The van der Waals surface area contributed by atoms with Crippen molar-refractivity contribution in [1.82, 2.24) is 9.88 Å². The Morgan fingerprint density at radius 3 is 2.58 bits per heavy atom. The third kappa shape index (κ3) is 3.91. The van der Waals surface area contributed by atoms with Crippen molar-refractivity contribution < 1.29 is 19.4 Å². The molecule has 0 radical (unpaired) electrons. The molecule has 1 fully saturated rings. The monoisotopic (exact) mass is 354 g/mol. The molecule has 6 heteroatoms. The molecule has 0 atom stereocenters. The number of likely N-dealkylation sites (tertiary alicyclic amines) is 1. The number of hydrogen-bond donors (Lipinski definition) is 1. The van der Waals surface area contributed by atoms with Crippen LogP contribution in [0.3, 0.4) is 0 Å². The largest absolute Gasteiger partial charge is 0.478 e. The number of methoxy groups -OCH3 is 1. The van der Waals surface area contributed by atoms with E-state index in [-0.39, 0.29) is 24.0 Å². The van der Waals surface area contributed by atoms with Crippen LogP contribution in [0.5, 0.6) is 0 Å². The smallest absolute Gasteiger partial charge is 0.336 e. The van der Waals surface area contributed by atoms with E-state index in [0.717, 1.165) is 18.5 Å². The highest BCUT2D eigenvalue weighted by Gasteiger charge is 2.25. The Hall–Kier alpha value is -2.73. The molecule has 2 heterocycles. The van der Waals surface area contributed by atoms with Gasteiger partial charge in [-0.2, -0.15) is 0 Å². The molecule has 1 aromatic heterocycles. The molecule has 0 saturated carbocycles. The molecular formula is C20H22N2O4. The van der Waals surface area contributed by atoms with Gasteiger partial charge in [-0.15, -0.1) is 0 Å². The number of aromatic carboxylic acids is 1. The number of amides is 1. The van der Waals surface area contributed by atoms with Crippen molar-refractivity contribution >= 4 is 11.9 Å². The van der Waals surface area contributed by atoms with E-state index in [9.17, 15) is 14.7 Å². The molecule has 1 aliphatic rings. The van der Waals surface area contributed by atoms with Crippen molar-refractivity contribution in [2.24, 2.45) is 0 Å². The van der Waals surface area contributed by atoms with Crippen LogP contribution in [0.1, 0.15) is 34.8 Å². The summed E-state index contributed by atoms with van der Waals surface area (Å²) in [5.41, 5.74) is 2.48. The third-order valence-corrected chi connectivity index (χ3v) is 4.74. The lowest BCUT2D eigenvalue weighted by atomic mass is 9.92. The van der Waals surface area contributed by atoms with E-state index in [4.69, 9.17) is 9.72 Å². The highest BCUT2D eigenvalue weighted by molar-refractivity contribution is 5.95. The van der Waals surface area contributed by atoms with Crippen LogP contribution in [0.2, 0.25) is 0 Å². The third-order valence-electron chi connectivity index (χ3n) is 4.74. The number of benzene rings is 1. The Morgan fingerprint density at radius 1 is 1.15 bits per heavy atom. The molecule has 26 heavy (non-hydrogen) atoms. The van der Waals surface area contributed by atoms with Crippen LogP contribution in [-0.2, 0) is 9.53 Å². The highest BCUT2D eigenvalue weighted by atomic mass is 16.5. The first kappa shape index (κ1) is 18.1. The second kappa shape index (κ2) is 8.10. The first-order valence-electron chi connectivity index (χ1n) is 8.66. The number of pyridine rings is 1. The fourth-order valence-corrected chi connectivity index (χ4v) is 3.36. The predicted octanol–water partition coefficient (Wildman–Crippen LogP) is 2.80. The Bertz CT molecular complexity index is 798. The molecule has 1 N–H and O–H groups in total. The Kier molecular flexibility index (Phi) is 5.63. The molecular weight excluding hydrogens is 332 g/mol. The number of aromatic nitrogens is 1. The van der Waals surface area contributed by atoms with Crippen molar-refractivity contribution in [2.45, 2.75) is 18.8 Å². The van der Waals surface area contributed by atoms with Crippen molar-refractivity contribution in [3.8, 4) is 11.3 Å². The lowest BCUT2D eigenvalue weighted by molar-refractivity contribution is -0.136. The lowest BCUT2D eigenvalue weighted by Crippen LogP contribution is -2.39. The number of carboxylic acid groups (broad SMARTS) is 1. The van der Waals surface area contributed by atoms with Crippen LogP contribution in [-0.4, -0.2) is 53.7 Å². The van der Waals surface area contributed by atoms with E-state index < -0.39 is 5.97 Å². The maximum atomic E-state index is 11.9. The number of hydrogen-bond acceptors (Lipinski definition) is 4. The quantitative estimate of drug-likeness (QED) is 0.893. The number of piperidine rings is 1. The minimum Gasteiger partial charge on any atom is -0.478 e. The van der Waals surface area contributed by atoms with Crippen LogP contribution in [0.25, 0.3) is 11.3 Å². The predicted molar refractivity (Wildman–Crippen MR) is 97.1 cm³/mol. The molecule has 1 aromatic carbocycles. The summed E-state index contributed by atoms with van der Waals surface area (Å²) in [5, 5.41) is 9.39. The van der Waals surface area contributed by atoms with Gasteiger partial charge in [-0.25, -0.2) is 4.79 Å². The van der Waals surface area contributed by atoms with Gasteiger partial charge in [0.2, 0.25) is 5.91 Å². The second-order valence-electron chi connectivity index (χ2n) is 6.39. The molecule has 6 nitrogen and oxygen atoms in total. The SMILES string of the molecule is COCC(=O)N1CCC(c2cccc(-c3ccccc3C(=O)O)n2)CC1. The van der Waals surface area contributed by atoms with E-state index in [2.05, 4.69) is 0 Å². The van der Waals surface area contributed by atoms with Gasteiger partial charge < -0.3 is 14.7 Å². The molecule has 2 aromatic rings. The Morgan fingerprint density at radius 2 is 1.88 bits per heavy atom. The topological polar surface area (TPSA) is 79.7 Å². The summed E-state index contributed by atoms with van der Waals surface area (Å²) in [6.45, 7) is 1.49. The van der Waals surface area contributed by atoms with Gasteiger partial charge in [-0.3, -0.25) is 9.78 Å². The maximum absolute atomic E-state index is 11.9. The summed E-state index contributed by atoms with van der Waals surface area (Å²) in [7, 11) is 1.52. The zero-order valence-corrected chi connectivity index (χ0v) is 14.7. The molecule has 1 aliphatic heterocycles. The minimum absolute atomic E-state index is 0.0167. The summed E-state index contributed by atoms with van der Waals surface area (Å²) in [6, 6.07) is 12.6. The van der Waals surface area contributed by atoms with E-state index in [1.807, 2.05) is 29.2 Å². The summed E-state index contributed by atoms with van der Waals surface area (Å²) in [6.07, 6.45) is 1.68. The fraction of sp³-hybridized carbons (Fsp3) is 0.350. The molecule has 0 spiro atoms. The zero-order chi connectivity index (χ0) is 18.5. The van der Waals surface area contributed by atoms with Crippen LogP contribution < -0.4 is 0 Å². The van der Waals surface area contributed by atoms with Crippen LogP contribution in [0.4, 0.5) is 0 Å². The summed E-state index contributed by atoms with van der Waals surface area (Å²) in [5.74, 6) is -0.681. The van der Waals surface area contributed by atoms with Gasteiger partial charge >= 0.3 is 5.97 Å². The lowest BCUT2D eigenvalue weighted by Gasteiger charge is -2.31. The van der Waals surface area contributed by atoms with Gasteiger partial charge in [0.25, 0.3) is 0 Å². The van der Waals surface area contributed by atoms with E-state index in [1.165, 1.54) is 7.11 Å². The second-order valence-corrected chi connectivity index (χ2v) is 6.39.